The Kier molecular flexibility index (Phi) is 6.66. The van der Waals surface area contributed by atoms with Crippen LogP contribution in [0, 0.1) is 0 Å². The summed E-state index contributed by atoms with van der Waals surface area (Å²) < 4.78 is 2.73. The minimum Gasteiger partial charge on any atom is -0.135 e. The highest BCUT2D eigenvalue weighted by molar-refractivity contribution is 7.26. The molecule has 1 aromatic heterocycles. The van der Waals surface area contributed by atoms with E-state index in [9.17, 15) is 0 Å². The van der Waals surface area contributed by atoms with Gasteiger partial charge in [0.25, 0.3) is 0 Å². The Morgan fingerprint density at radius 1 is 0.339 bits per heavy atom. The zero-order chi connectivity index (χ0) is 37.1. The average molecular weight is 729 g/mol. The molecule has 1 heterocycles. The first-order valence-electron chi connectivity index (χ1n) is 19.6. The van der Waals surface area contributed by atoms with Crippen molar-refractivity contribution in [2.75, 3.05) is 0 Å². The van der Waals surface area contributed by atoms with Crippen LogP contribution in [0.4, 0.5) is 0 Å². The standard InChI is InChI=1S/C55H36S/c1-55(2)48-27-26-45-46-30-37(25-28-50(46)56-54(45)53(48)47-31-35-14-3-4-15-36(35)32-49(47)55)34-17-11-18-38(29-34)51-41-20-7-9-22-43(41)52(44-23-10-8-21-42(44)51)40-24-12-16-33-13-5-6-19-39(33)40/h3-32H,1-2H3. The molecular weight excluding hydrogens is 693 g/mol. The van der Waals surface area contributed by atoms with Gasteiger partial charge >= 0.3 is 0 Å². The second-order valence-electron chi connectivity index (χ2n) is 16.0. The lowest BCUT2D eigenvalue weighted by atomic mass is 9.82. The molecule has 1 aliphatic carbocycles. The van der Waals surface area contributed by atoms with E-state index in [1.54, 1.807) is 0 Å². The molecule has 0 aliphatic heterocycles. The SMILES string of the molecule is CC1(C)c2cc3ccccc3cc2-c2c1ccc1c2sc2ccc(-c3cccc(-c4c5ccccc5c(-c5cccc6ccccc56)c5ccccc45)c3)cc21. The Balaban J connectivity index is 1.04. The van der Waals surface area contributed by atoms with Crippen LogP contribution in [0.3, 0.4) is 0 Å². The molecule has 56 heavy (non-hydrogen) atoms. The van der Waals surface area contributed by atoms with E-state index in [0.29, 0.717) is 0 Å². The summed E-state index contributed by atoms with van der Waals surface area (Å²) >= 11 is 1.94. The van der Waals surface area contributed by atoms with Crippen LogP contribution in [-0.2, 0) is 5.41 Å². The van der Waals surface area contributed by atoms with Gasteiger partial charge in [-0.3, -0.25) is 0 Å². The fraction of sp³-hybridized carbons (Fsp3) is 0.0545. The molecule has 10 aromatic carbocycles. The predicted molar refractivity (Wildman–Crippen MR) is 243 cm³/mol. The van der Waals surface area contributed by atoms with Gasteiger partial charge in [-0.15, -0.1) is 11.3 Å². The van der Waals surface area contributed by atoms with Crippen molar-refractivity contribution in [3.63, 3.8) is 0 Å². The summed E-state index contributed by atoms with van der Waals surface area (Å²) in [7, 11) is 0. The lowest BCUT2D eigenvalue weighted by Crippen LogP contribution is -2.14. The average Bonchev–Trinajstić information content (AvgIpc) is 3.73. The molecule has 0 bridgehead atoms. The lowest BCUT2D eigenvalue weighted by molar-refractivity contribution is 0.662. The molecule has 0 atom stereocenters. The first-order chi connectivity index (χ1) is 27.5. The zero-order valence-corrected chi connectivity index (χ0v) is 32.0. The molecule has 1 aliphatic rings. The van der Waals surface area contributed by atoms with E-state index in [2.05, 4.69) is 196 Å². The number of benzene rings is 10. The first-order valence-corrected chi connectivity index (χ1v) is 20.4. The minimum absolute atomic E-state index is 0.0495. The van der Waals surface area contributed by atoms with E-state index in [-0.39, 0.29) is 5.41 Å². The highest BCUT2D eigenvalue weighted by Gasteiger charge is 2.37. The van der Waals surface area contributed by atoms with Gasteiger partial charge in [0.2, 0.25) is 0 Å². The topological polar surface area (TPSA) is 0 Å². The third-order valence-corrected chi connectivity index (χ3v) is 13.8. The zero-order valence-electron chi connectivity index (χ0n) is 31.2. The van der Waals surface area contributed by atoms with Gasteiger partial charge in [0.1, 0.15) is 0 Å². The van der Waals surface area contributed by atoms with Crippen molar-refractivity contribution in [1.82, 2.24) is 0 Å². The highest BCUT2D eigenvalue weighted by Crippen LogP contribution is 2.55. The first kappa shape index (κ1) is 31.8. The summed E-state index contributed by atoms with van der Waals surface area (Å²) in [4.78, 5) is 0. The van der Waals surface area contributed by atoms with E-state index < -0.39 is 0 Å². The molecule has 262 valence electrons. The molecule has 1 heteroatoms. The Labute approximate surface area is 329 Å². The Hall–Kier alpha value is -6.54. The number of hydrogen-bond acceptors (Lipinski definition) is 1. The van der Waals surface area contributed by atoms with E-state index in [1.165, 1.54) is 119 Å². The van der Waals surface area contributed by atoms with E-state index >= 15 is 0 Å². The fourth-order valence-corrected chi connectivity index (χ4v) is 11.2. The summed E-state index contributed by atoms with van der Waals surface area (Å²) in [6.07, 6.45) is 0. The van der Waals surface area contributed by atoms with Gasteiger partial charge < -0.3 is 0 Å². The Morgan fingerprint density at radius 2 is 0.929 bits per heavy atom. The quantitative estimate of drug-likeness (QED) is 0.159. The third kappa shape index (κ3) is 4.47. The molecule has 0 nitrogen and oxygen atoms in total. The van der Waals surface area contributed by atoms with Gasteiger partial charge in [-0.1, -0.05) is 166 Å². The number of rotatable bonds is 3. The molecule has 12 rings (SSSR count). The van der Waals surface area contributed by atoms with Crippen LogP contribution < -0.4 is 0 Å². The van der Waals surface area contributed by atoms with Crippen molar-refractivity contribution in [2.24, 2.45) is 0 Å². The summed E-state index contributed by atoms with van der Waals surface area (Å²) in [6.45, 7) is 4.78. The highest BCUT2D eigenvalue weighted by atomic mass is 32.1. The third-order valence-electron chi connectivity index (χ3n) is 12.6. The van der Waals surface area contributed by atoms with Crippen molar-refractivity contribution < 1.29 is 0 Å². The monoisotopic (exact) mass is 728 g/mol. The molecule has 0 fully saturated rings. The van der Waals surface area contributed by atoms with Crippen molar-refractivity contribution in [3.8, 4) is 44.5 Å². The van der Waals surface area contributed by atoms with Crippen LogP contribution in [0.5, 0.6) is 0 Å². The number of hydrogen-bond donors (Lipinski definition) is 0. The molecule has 0 saturated heterocycles. The van der Waals surface area contributed by atoms with Crippen molar-refractivity contribution in [2.45, 2.75) is 19.3 Å². The normalized spacial score (nSPS) is 13.3. The van der Waals surface area contributed by atoms with Crippen LogP contribution in [0.2, 0.25) is 0 Å². The van der Waals surface area contributed by atoms with Gasteiger partial charge in [-0.05, 0) is 123 Å². The van der Waals surface area contributed by atoms with Crippen molar-refractivity contribution in [1.29, 1.82) is 0 Å². The van der Waals surface area contributed by atoms with Crippen LogP contribution in [0.1, 0.15) is 25.0 Å². The maximum absolute atomic E-state index is 2.43. The van der Waals surface area contributed by atoms with Crippen molar-refractivity contribution >= 4 is 74.6 Å². The minimum atomic E-state index is -0.0495. The number of fused-ring (bicyclic) bond motifs is 11. The maximum atomic E-state index is 2.43. The van der Waals surface area contributed by atoms with Gasteiger partial charge in [0, 0.05) is 31.2 Å². The lowest BCUT2D eigenvalue weighted by Gasteiger charge is -2.21. The van der Waals surface area contributed by atoms with Crippen LogP contribution >= 0.6 is 11.3 Å². The maximum Gasteiger partial charge on any atom is 0.0437 e. The molecule has 0 unspecified atom stereocenters. The van der Waals surface area contributed by atoms with Gasteiger partial charge in [0.05, 0.1) is 0 Å². The van der Waals surface area contributed by atoms with E-state index in [0.717, 1.165) is 0 Å². The molecule has 0 saturated carbocycles. The summed E-state index contributed by atoms with van der Waals surface area (Å²) in [5.41, 5.74) is 13.2. The Morgan fingerprint density at radius 3 is 1.68 bits per heavy atom. The predicted octanol–water partition coefficient (Wildman–Crippen LogP) is 16.0. The van der Waals surface area contributed by atoms with Crippen molar-refractivity contribution in [3.05, 3.63) is 193 Å². The van der Waals surface area contributed by atoms with Gasteiger partial charge in [-0.2, -0.15) is 0 Å². The molecule has 0 N–H and O–H groups in total. The largest absolute Gasteiger partial charge is 0.135 e. The summed E-state index contributed by atoms with van der Waals surface area (Å²) in [6, 6.07) is 68.2. The molecular formula is C55H36S. The van der Waals surface area contributed by atoms with Crippen LogP contribution in [-0.4, -0.2) is 0 Å². The second kappa shape index (κ2) is 11.7. The van der Waals surface area contributed by atoms with Crippen LogP contribution in [0.15, 0.2) is 182 Å². The summed E-state index contributed by atoms with van der Waals surface area (Å²) in [5, 5.41) is 12.9. The smallest absolute Gasteiger partial charge is 0.0437 e. The fourth-order valence-electron chi connectivity index (χ4n) is 9.94. The van der Waals surface area contributed by atoms with Gasteiger partial charge in [-0.25, -0.2) is 0 Å². The van der Waals surface area contributed by atoms with E-state index in [1.807, 2.05) is 11.3 Å². The van der Waals surface area contributed by atoms with Crippen LogP contribution in [0.25, 0.3) is 108 Å². The molecule has 11 aromatic rings. The van der Waals surface area contributed by atoms with Gasteiger partial charge in [0.15, 0.2) is 0 Å². The second-order valence-corrected chi connectivity index (χ2v) is 17.0. The number of thiophene rings is 1. The molecule has 0 radical (unpaired) electrons. The molecule has 0 amide bonds. The molecule has 0 spiro atoms. The van der Waals surface area contributed by atoms with E-state index in [4.69, 9.17) is 0 Å². The summed E-state index contributed by atoms with van der Waals surface area (Å²) in [5.74, 6) is 0. The Bertz CT molecular complexity index is 3390.